The molecule has 2 heterocycles. The van der Waals surface area contributed by atoms with E-state index in [-0.39, 0.29) is 37.8 Å². The van der Waals surface area contributed by atoms with Crippen LogP contribution in [0.25, 0.3) is 0 Å². The van der Waals surface area contributed by atoms with Crippen molar-refractivity contribution >= 4 is 21.6 Å². The Labute approximate surface area is 197 Å². The largest absolute Gasteiger partial charge is 0.417 e. The first-order chi connectivity index (χ1) is 16.2. The number of nitrogens with one attached hydrogen (secondary N) is 1. The highest BCUT2D eigenvalue weighted by molar-refractivity contribution is 7.89. The molecule has 0 radical (unpaired) electrons. The van der Waals surface area contributed by atoms with E-state index in [0.717, 1.165) is 41.6 Å². The molecule has 10 heteroatoms. The van der Waals surface area contributed by atoms with Crippen LogP contribution in [-0.4, -0.2) is 51.4 Å². The van der Waals surface area contributed by atoms with Crippen LogP contribution in [0, 0.1) is 11.8 Å². The molecule has 0 saturated carbocycles. The molecule has 1 N–H and O–H groups in total. The molecule has 0 spiro atoms. The number of carbonyl (C=O) groups excluding carboxylic acids is 1. The average Bonchev–Trinajstić information content (AvgIpc) is 3.32. The van der Waals surface area contributed by atoms with Crippen LogP contribution in [0.1, 0.15) is 24.8 Å². The molecule has 2 fully saturated rings. The molecule has 34 heavy (non-hydrogen) atoms. The van der Waals surface area contributed by atoms with E-state index >= 15 is 0 Å². The van der Waals surface area contributed by atoms with Crippen molar-refractivity contribution in [2.75, 3.05) is 37.6 Å². The lowest BCUT2D eigenvalue weighted by molar-refractivity contribution is -0.139. The fourth-order valence-electron chi connectivity index (χ4n) is 4.69. The number of sulfonamides is 1. The first-order valence-electron chi connectivity index (χ1n) is 11.4. The van der Waals surface area contributed by atoms with E-state index in [1.165, 1.54) is 12.1 Å². The second-order valence-electron chi connectivity index (χ2n) is 8.85. The van der Waals surface area contributed by atoms with Crippen LogP contribution in [0.3, 0.4) is 0 Å². The molecule has 0 bridgehead atoms. The number of anilines is 1. The maximum absolute atomic E-state index is 13.3. The van der Waals surface area contributed by atoms with Crippen LogP contribution >= 0.6 is 0 Å². The highest BCUT2D eigenvalue weighted by atomic mass is 32.2. The molecule has 1 atom stereocenters. The maximum atomic E-state index is 13.3. The van der Waals surface area contributed by atoms with E-state index in [2.05, 4.69) is 22.3 Å². The topological polar surface area (TPSA) is 69.7 Å². The molecule has 4 rings (SSSR count). The predicted octanol–water partition coefficient (Wildman–Crippen LogP) is 3.75. The Bertz CT molecular complexity index is 1100. The summed E-state index contributed by atoms with van der Waals surface area (Å²) >= 11 is 0. The van der Waals surface area contributed by atoms with Gasteiger partial charge in [-0.2, -0.15) is 17.5 Å². The lowest BCUT2D eigenvalue weighted by atomic mass is 9.97. The number of para-hydroxylation sites is 1. The summed E-state index contributed by atoms with van der Waals surface area (Å²) in [6, 6.07) is 14.3. The fraction of sp³-hybridized carbons (Fsp3) is 0.458. The van der Waals surface area contributed by atoms with Crippen molar-refractivity contribution in [2.24, 2.45) is 11.8 Å². The van der Waals surface area contributed by atoms with Gasteiger partial charge in [0.25, 0.3) is 0 Å². The smallest absolute Gasteiger partial charge is 0.371 e. The normalized spacial score (nSPS) is 20.4. The van der Waals surface area contributed by atoms with Crippen molar-refractivity contribution in [3.8, 4) is 0 Å². The van der Waals surface area contributed by atoms with Gasteiger partial charge in [0.05, 0.1) is 10.5 Å². The quantitative estimate of drug-likeness (QED) is 0.663. The Morgan fingerprint density at radius 3 is 2.26 bits per heavy atom. The summed E-state index contributed by atoms with van der Waals surface area (Å²) in [4.78, 5) is 14.2. The Morgan fingerprint density at radius 2 is 1.59 bits per heavy atom. The molecule has 1 amide bonds. The number of benzene rings is 2. The molecular weight excluding hydrogens is 467 g/mol. The molecule has 2 aromatic rings. The molecule has 6 nitrogen and oxygen atoms in total. The Morgan fingerprint density at radius 1 is 0.941 bits per heavy atom. The van der Waals surface area contributed by atoms with Gasteiger partial charge in [-0.05, 0) is 49.4 Å². The van der Waals surface area contributed by atoms with E-state index in [0.29, 0.717) is 12.5 Å². The van der Waals surface area contributed by atoms with Crippen LogP contribution in [-0.2, 0) is 21.0 Å². The van der Waals surface area contributed by atoms with Gasteiger partial charge in [-0.3, -0.25) is 4.79 Å². The number of carbonyl (C=O) groups is 1. The summed E-state index contributed by atoms with van der Waals surface area (Å²) in [6.07, 6.45) is -3.23. The summed E-state index contributed by atoms with van der Waals surface area (Å²) in [5, 5.41) is 3.00. The number of piperidine rings is 1. The number of amides is 1. The number of nitrogens with zero attached hydrogens (tertiary/aromatic N) is 2. The van der Waals surface area contributed by atoms with E-state index in [4.69, 9.17) is 0 Å². The lowest BCUT2D eigenvalue weighted by Gasteiger charge is -2.31. The van der Waals surface area contributed by atoms with Gasteiger partial charge in [0.2, 0.25) is 15.9 Å². The van der Waals surface area contributed by atoms with E-state index < -0.39 is 26.7 Å². The van der Waals surface area contributed by atoms with Crippen molar-refractivity contribution in [1.29, 1.82) is 0 Å². The average molecular weight is 496 g/mol. The van der Waals surface area contributed by atoms with Crippen LogP contribution in [0.5, 0.6) is 0 Å². The van der Waals surface area contributed by atoms with E-state index in [9.17, 15) is 26.4 Å². The number of hydrogen-bond donors (Lipinski definition) is 1. The van der Waals surface area contributed by atoms with Gasteiger partial charge in [0.15, 0.2) is 0 Å². The molecular formula is C24H28F3N3O3S. The second-order valence-corrected chi connectivity index (χ2v) is 10.8. The van der Waals surface area contributed by atoms with Gasteiger partial charge in [-0.15, -0.1) is 0 Å². The molecule has 1 unspecified atom stereocenters. The third-order valence-corrected chi connectivity index (χ3v) is 8.56. The van der Waals surface area contributed by atoms with Gasteiger partial charge >= 0.3 is 6.18 Å². The molecule has 0 aromatic heterocycles. The summed E-state index contributed by atoms with van der Waals surface area (Å²) in [6.45, 7) is 2.37. The highest BCUT2D eigenvalue weighted by Gasteiger charge is 2.40. The third-order valence-electron chi connectivity index (χ3n) is 6.61. The van der Waals surface area contributed by atoms with Crippen molar-refractivity contribution in [1.82, 2.24) is 9.62 Å². The summed E-state index contributed by atoms with van der Waals surface area (Å²) in [5.74, 6) is -0.134. The van der Waals surface area contributed by atoms with Gasteiger partial charge in [-0.1, -0.05) is 30.3 Å². The van der Waals surface area contributed by atoms with Gasteiger partial charge in [0, 0.05) is 44.3 Å². The summed E-state index contributed by atoms with van der Waals surface area (Å²) < 4.78 is 66.8. The predicted molar refractivity (Wildman–Crippen MR) is 123 cm³/mol. The van der Waals surface area contributed by atoms with E-state index in [1.807, 2.05) is 18.2 Å². The number of alkyl halides is 3. The molecule has 2 aliphatic rings. The van der Waals surface area contributed by atoms with Gasteiger partial charge < -0.3 is 10.2 Å². The first-order valence-corrected chi connectivity index (χ1v) is 12.8. The van der Waals surface area contributed by atoms with E-state index in [1.54, 1.807) is 0 Å². The lowest BCUT2D eigenvalue weighted by Crippen LogP contribution is -2.44. The molecule has 2 saturated heterocycles. The molecule has 2 aromatic carbocycles. The minimum atomic E-state index is -4.77. The van der Waals surface area contributed by atoms with Crippen LogP contribution < -0.4 is 10.2 Å². The Kier molecular flexibility index (Phi) is 7.18. The van der Waals surface area contributed by atoms with Crippen molar-refractivity contribution in [2.45, 2.75) is 30.3 Å². The van der Waals surface area contributed by atoms with Crippen molar-refractivity contribution in [3.05, 3.63) is 60.2 Å². The van der Waals surface area contributed by atoms with Crippen LogP contribution in [0.4, 0.5) is 18.9 Å². The minimum absolute atomic E-state index is 0.0117. The monoisotopic (exact) mass is 495 g/mol. The third kappa shape index (κ3) is 5.38. The SMILES string of the molecule is O=C(NCC1CCN(c2ccccc2)C1)C1CCN(S(=O)(=O)c2ccccc2C(F)(F)F)CC1. The molecule has 2 aliphatic heterocycles. The second kappa shape index (κ2) is 9.95. The fourth-order valence-corrected chi connectivity index (χ4v) is 6.37. The maximum Gasteiger partial charge on any atom is 0.417 e. The molecule has 184 valence electrons. The number of halogens is 3. The Balaban J connectivity index is 1.29. The van der Waals surface area contributed by atoms with Crippen molar-refractivity contribution in [3.63, 3.8) is 0 Å². The first kappa shape index (κ1) is 24.5. The zero-order chi connectivity index (χ0) is 24.3. The zero-order valence-corrected chi connectivity index (χ0v) is 19.5. The summed E-state index contributed by atoms with van der Waals surface area (Å²) in [5.41, 5.74) is -0.00650. The number of hydrogen-bond acceptors (Lipinski definition) is 4. The van der Waals surface area contributed by atoms with Crippen LogP contribution in [0.15, 0.2) is 59.5 Å². The van der Waals surface area contributed by atoms with Crippen LogP contribution in [0.2, 0.25) is 0 Å². The van der Waals surface area contributed by atoms with Crippen molar-refractivity contribution < 1.29 is 26.4 Å². The van der Waals surface area contributed by atoms with Gasteiger partial charge in [0.1, 0.15) is 0 Å². The Hall–Kier alpha value is -2.59. The minimum Gasteiger partial charge on any atom is -0.371 e. The van der Waals surface area contributed by atoms with Gasteiger partial charge in [-0.25, -0.2) is 8.42 Å². The highest BCUT2D eigenvalue weighted by Crippen LogP contribution is 2.36. The standard InChI is InChI=1S/C24H28F3N3O3S/c25-24(26,27)21-8-4-5-9-22(21)34(32,33)30-14-11-19(12-15-30)23(31)28-16-18-10-13-29(17-18)20-6-2-1-3-7-20/h1-9,18-19H,10-17H2,(H,28,31). The zero-order valence-electron chi connectivity index (χ0n) is 18.7. The number of rotatable bonds is 6. The molecule has 0 aliphatic carbocycles. The summed E-state index contributed by atoms with van der Waals surface area (Å²) in [7, 11) is -4.31.